The van der Waals surface area contributed by atoms with Gasteiger partial charge in [-0.2, -0.15) is 8.42 Å². The molecule has 1 N–H and O–H groups in total. The van der Waals surface area contributed by atoms with E-state index in [2.05, 4.69) is 10.3 Å². The first kappa shape index (κ1) is 22.7. The standard InChI is InChI=1S/C24H24FN3O4S/c1-17-22(27-21-5-3-2-4-6-21)11-14-26-23(17)33(30,31)32-24(29)28-15-12-19(13-16-28)18-7-9-20(25)10-8-18/h2-11,14,19H,12-13,15-16H2,1H3,(H,26,27). The highest BCUT2D eigenvalue weighted by Gasteiger charge is 2.31. The molecule has 33 heavy (non-hydrogen) atoms. The molecule has 2 heterocycles. The van der Waals surface area contributed by atoms with Crippen molar-refractivity contribution in [3.8, 4) is 0 Å². The molecule has 0 saturated carbocycles. The number of aromatic nitrogens is 1. The second kappa shape index (κ2) is 9.58. The lowest BCUT2D eigenvalue weighted by atomic mass is 9.90. The number of nitrogens with one attached hydrogen (secondary N) is 1. The van der Waals surface area contributed by atoms with Crippen LogP contribution >= 0.6 is 0 Å². The number of anilines is 2. The maximum atomic E-state index is 13.1. The molecule has 0 bridgehead atoms. The Balaban J connectivity index is 1.42. The van der Waals surface area contributed by atoms with E-state index >= 15 is 0 Å². The van der Waals surface area contributed by atoms with E-state index in [9.17, 15) is 17.6 Å². The summed E-state index contributed by atoms with van der Waals surface area (Å²) < 4.78 is 43.7. The lowest BCUT2D eigenvalue weighted by molar-refractivity contribution is 0.140. The Morgan fingerprint density at radius 2 is 1.73 bits per heavy atom. The first-order valence-corrected chi connectivity index (χ1v) is 12.0. The Bertz CT molecular complexity index is 1230. The van der Waals surface area contributed by atoms with Crippen LogP contribution in [0.5, 0.6) is 0 Å². The van der Waals surface area contributed by atoms with Gasteiger partial charge in [0.15, 0.2) is 5.03 Å². The number of carbonyl (C=O) groups is 1. The summed E-state index contributed by atoms with van der Waals surface area (Å²) in [5.41, 5.74) is 2.69. The fraction of sp³-hybridized carbons (Fsp3) is 0.250. The summed E-state index contributed by atoms with van der Waals surface area (Å²) in [6.07, 6.45) is 1.70. The molecular weight excluding hydrogens is 445 g/mol. The van der Waals surface area contributed by atoms with E-state index in [4.69, 9.17) is 4.18 Å². The number of para-hydroxylation sites is 1. The van der Waals surface area contributed by atoms with Gasteiger partial charge in [-0.3, -0.25) is 0 Å². The highest BCUT2D eigenvalue weighted by Crippen LogP contribution is 2.29. The number of amides is 1. The molecule has 0 spiro atoms. The Kier molecular flexibility index (Phi) is 6.60. The molecule has 4 rings (SSSR count). The molecule has 2 aromatic carbocycles. The van der Waals surface area contributed by atoms with Crippen molar-refractivity contribution < 1.29 is 21.8 Å². The molecule has 0 atom stereocenters. The van der Waals surface area contributed by atoms with Gasteiger partial charge in [-0.1, -0.05) is 30.3 Å². The number of hydrogen-bond acceptors (Lipinski definition) is 6. The van der Waals surface area contributed by atoms with Crippen molar-refractivity contribution in [2.24, 2.45) is 0 Å². The number of hydrogen-bond donors (Lipinski definition) is 1. The molecule has 172 valence electrons. The van der Waals surface area contributed by atoms with E-state index in [0.717, 1.165) is 11.3 Å². The number of carbonyl (C=O) groups excluding carboxylic acids is 1. The van der Waals surface area contributed by atoms with Crippen LogP contribution in [-0.2, 0) is 14.3 Å². The van der Waals surface area contributed by atoms with Gasteiger partial charge in [0.25, 0.3) is 0 Å². The molecule has 1 amide bonds. The van der Waals surface area contributed by atoms with E-state index in [1.165, 1.54) is 23.2 Å². The van der Waals surface area contributed by atoms with Gasteiger partial charge in [-0.25, -0.2) is 14.2 Å². The average Bonchev–Trinajstić information content (AvgIpc) is 2.81. The number of nitrogens with zero attached hydrogens (tertiary/aromatic N) is 2. The molecule has 1 aliphatic heterocycles. The molecule has 9 heteroatoms. The fourth-order valence-corrected chi connectivity index (χ4v) is 4.94. The van der Waals surface area contributed by atoms with Crippen molar-refractivity contribution >= 4 is 27.6 Å². The predicted octanol–water partition coefficient (Wildman–Crippen LogP) is 4.98. The summed E-state index contributed by atoms with van der Waals surface area (Å²) in [5, 5.41) is 2.84. The SMILES string of the molecule is Cc1c(Nc2ccccc2)ccnc1S(=O)(=O)OC(=O)N1CCC(c2ccc(F)cc2)CC1. The molecule has 1 fully saturated rings. The summed E-state index contributed by atoms with van der Waals surface area (Å²) in [7, 11) is -4.41. The van der Waals surface area contributed by atoms with E-state index < -0.39 is 16.2 Å². The van der Waals surface area contributed by atoms with E-state index in [1.54, 1.807) is 25.1 Å². The number of rotatable bonds is 5. The minimum absolute atomic E-state index is 0.177. The monoisotopic (exact) mass is 469 g/mol. The van der Waals surface area contributed by atoms with Gasteiger partial charge >= 0.3 is 16.2 Å². The zero-order chi connectivity index (χ0) is 23.4. The molecule has 0 radical (unpaired) electrons. The van der Waals surface area contributed by atoms with Crippen LogP contribution in [0.25, 0.3) is 0 Å². The van der Waals surface area contributed by atoms with Crippen molar-refractivity contribution in [2.75, 3.05) is 18.4 Å². The van der Waals surface area contributed by atoms with Crippen LogP contribution in [0, 0.1) is 12.7 Å². The Labute approximate surface area is 192 Å². The smallest absolute Gasteiger partial charge is 0.355 e. The van der Waals surface area contributed by atoms with Crippen LogP contribution in [0.3, 0.4) is 0 Å². The van der Waals surface area contributed by atoms with Crippen LogP contribution in [0.1, 0.15) is 29.9 Å². The molecule has 3 aromatic rings. The quantitative estimate of drug-likeness (QED) is 0.531. The predicted molar refractivity (Wildman–Crippen MR) is 122 cm³/mol. The topological polar surface area (TPSA) is 88.6 Å². The van der Waals surface area contributed by atoms with Crippen molar-refractivity contribution in [3.05, 3.63) is 83.8 Å². The van der Waals surface area contributed by atoms with Crippen molar-refractivity contribution in [2.45, 2.75) is 30.7 Å². The van der Waals surface area contributed by atoms with Crippen molar-refractivity contribution in [1.29, 1.82) is 0 Å². The first-order valence-electron chi connectivity index (χ1n) is 10.6. The second-order valence-corrected chi connectivity index (χ2v) is 9.36. The summed E-state index contributed by atoms with van der Waals surface area (Å²) in [5.74, 6) is -0.118. The van der Waals surface area contributed by atoms with Gasteiger partial charge in [0.1, 0.15) is 5.82 Å². The molecule has 1 saturated heterocycles. The maximum Gasteiger partial charge on any atom is 0.425 e. The summed E-state index contributed by atoms with van der Waals surface area (Å²) in [4.78, 5) is 17.9. The lowest BCUT2D eigenvalue weighted by Crippen LogP contribution is -2.39. The summed E-state index contributed by atoms with van der Waals surface area (Å²) >= 11 is 0. The first-order chi connectivity index (χ1) is 15.8. The van der Waals surface area contributed by atoms with Crippen molar-refractivity contribution in [3.63, 3.8) is 0 Å². The average molecular weight is 470 g/mol. The molecule has 7 nitrogen and oxygen atoms in total. The Hall–Kier alpha value is -3.46. The van der Waals surface area contributed by atoms with Gasteiger partial charge < -0.3 is 14.4 Å². The summed E-state index contributed by atoms with van der Waals surface area (Å²) in [6.45, 7) is 2.30. The van der Waals surface area contributed by atoms with E-state index in [-0.39, 0.29) is 16.8 Å². The third-order valence-electron chi connectivity index (χ3n) is 5.72. The lowest BCUT2D eigenvalue weighted by Gasteiger charge is -2.31. The van der Waals surface area contributed by atoms with Crippen LogP contribution in [0.15, 0.2) is 71.9 Å². The number of piperidine rings is 1. The number of likely N-dealkylation sites (tertiary alicyclic amines) is 1. The fourth-order valence-electron chi connectivity index (χ4n) is 3.90. The largest absolute Gasteiger partial charge is 0.425 e. The second-order valence-electron chi connectivity index (χ2n) is 7.90. The molecule has 0 unspecified atom stereocenters. The third-order valence-corrected chi connectivity index (χ3v) is 6.97. The minimum atomic E-state index is -4.41. The molecule has 1 aromatic heterocycles. The maximum absolute atomic E-state index is 13.1. The minimum Gasteiger partial charge on any atom is -0.355 e. The number of benzene rings is 2. The van der Waals surface area contributed by atoms with E-state index in [0.29, 0.717) is 37.2 Å². The van der Waals surface area contributed by atoms with Crippen molar-refractivity contribution in [1.82, 2.24) is 9.88 Å². The molecular formula is C24H24FN3O4S. The third kappa shape index (κ3) is 5.31. The highest BCUT2D eigenvalue weighted by molar-refractivity contribution is 7.87. The number of halogens is 1. The molecule has 0 aliphatic carbocycles. The normalized spacial score (nSPS) is 14.7. The van der Waals surface area contributed by atoms with Gasteiger partial charge in [0.05, 0.1) is 0 Å². The van der Waals surface area contributed by atoms with Crippen LogP contribution in [0.2, 0.25) is 0 Å². The Morgan fingerprint density at radius 1 is 1.06 bits per heavy atom. The summed E-state index contributed by atoms with van der Waals surface area (Å²) in [6, 6.07) is 17.3. The van der Waals surface area contributed by atoms with Gasteiger partial charge in [-0.05, 0) is 61.6 Å². The van der Waals surface area contributed by atoms with Gasteiger partial charge in [0.2, 0.25) is 0 Å². The van der Waals surface area contributed by atoms with Crippen LogP contribution in [-0.4, -0.2) is 37.5 Å². The van der Waals surface area contributed by atoms with E-state index in [1.807, 2.05) is 30.3 Å². The van der Waals surface area contributed by atoms with Crippen LogP contribution in [0.4, 0.5) is 20.6 Å². The zero-order valence-electron chi connectivity index (χ0n) is 18.1. The number of pyridine rings is 1. The van der Waals surface area contributed by atoms with Crippen LogP contribution < -0.4 is 5.32 Å². The Morgan fingerprint density at radius 3 is 2.39 bits per heavy atom. The van der Waals surface area contributed by atoms with Gasteiger partial charge in [-0.15, -0.1) is 0 Å². The van der Waals surface area contributed by atoms with Gasteiger partial charge in [0, 0.05) is 36.2 Å². The highest BCUT2D eigenvalue weighted by atomic mass is 32.2. The zero-order valence-corrected chi connectivity index (χ0v) is 18.9. The molecule has 1 aliphatic rings.